The molecule has 3 aromatic carbocycles. The van der Waals surface area contributed by atoms with Crippen LogP contribution in [0.25, 0.3) is 43.2 Å². The molecule has 8 heteroatoms. The molecule has 0 unspecified atom stereocenters. The Balaban J connectivity index is 1.48. The molecule has 2 N–H and O–H groups in total. The van der Waals surface area contributed by atoms with E-state index in [9.17, 15) is 14.7 Å². The molecular weight excluding hydrogens is 506 g/mol. The van der Waals surface area contributed by atoms with Crippen molar-refractivity contribution in [3.63, 3.8) is 0 Å². The summed E-state index contributed by atoms with van der Waals surface area (Å²) in [5.41, 5.74) is 8.70. The molecule has 37 heavy (non-hydrogen) atoms. The number of pyridine rings is 1. The quantitative estimate of drug-likeness (QED) is 0.264. The number of thiazole rings is 1. The van der Waals surface area contributed by atoms with Gasteiger partial charge in [0.05, 0.1) is 28.8 Å². The van der Waals surface area contributed by atoms with Crippen LogP contribution in [0.4, 0.5) is 5.69 Å². The SMILES string of the molecule is Cc1cc2nc(-c3ccnc(-c4ccc5c(c4)CC(=O)N5)c3)sc2c(-c2ccc(Cl)cc2)c1CC(=O)O. The van der Waals surface area contributed by atoms with Gasteiger partial charge in [-0.25, -0.2) is 4.98 Å². The Morgan fingerprint density at radius 3 is 2.62 bits per heavy atom. The lowest BCUT2D eigenvalue weighted by atomic mass is 9.93. The number of hydrogen-bond donors (Lipinski definition) is 2. The molecule has 6 rings (SSSR count). The molecule has 0 radical (unpaired) electrons. The molecule has 3 heterocycles. The molecule has 0 bridgehead atoms. The lowest BCUT2D eigenvalue weighted by Crippen LogP contribution is -2.04. The number of carbonyl (C=O) groups is 2. The molecule has 182 valence electrons. The number of carboxylic acid groups (broad SMARTS) is 1. The van der Waals surface area contributed by atoms with Gasteiger partial charge in [0.25, 0.3) is 0 Å². The minimum Gasteiger partial charge on any atom is -0.481 e. The van der Waals surface area contributed by atoms with Crippen molar-refractivity contribution in [1.29, 1.82) is 0 Å². The van der Waals surface area contributed by atoms with Crippen LogP contribution in [0.5, 0.6) is 0 Å². The van der Waals surface area contributed by atoms with Crippen molar-refractivity contribution in [2.24, 2.45) is 0 Å². The van der Waals surface area contributed by atoms with E-state index in [2.05, 4.69) is 10.3 Å². The minimum absolute atomic E-state index is 0.00242. The summed E-state index contributed by atoms with van der Waals surface area (Å²) >= 11 is 7.66. The van der Waals surface area contributed by atoms with Crippen LogP contribution in [0, 0.1) is 6.92 Å². The van der Waals surface area contributed by atoms with Crippen LogP contribution < -0.4 is 5.32 Å². The van der Waals surface area contributed by atoms with E-state index < -0.39 is 5.97 Å². The van der Waals surface area contributed by atoms with Crippen molar-refractivity contribution >= 4 is 50.7 Å². The zero-order valence-corrected chi connectivity index (χ0v) is 21.3. The van der Waals surface area contributed by atoms with Crippen LogP contribution in [-0.2, 0) is 22.4 Å². The number of benzene rings is 3. The van der Waals surface area contributed by atoms with Gasteiger partial charge < -0.3 is 10.4 Å². The Bertz CT molecular complexity index is 1730. The first kappa shape index (κ1) is 23.3. The van der Waals surface area contributed by atoms with Gasteiger partial charge in [0.15, 0.2) is 0 Å². The molecule has 0 fully saturated rings. The van der Waals surface area contributed by atoms with Crippen LogP contribution >= 0.6 is 22.9 Å². The van der Waals surface area contributed by atoms with E-state index in [1.807, 2.05) is 67.6 Å². The first-order chi connectivity index (χ1) is 17.9. The second-order valence-corrected chi connectivity index (χ2v) is 10.5. The van der Waals surface area contributed by atoms with Crippen LogP contribution in [0.3, 0.4) is 0 Å². The number of hydrogen-bond acceptors (Lipinski definition) is 5. The Labute approximate surface area is 221 Å². The Kier molecular flexibility index (Phi) is 5.74. The van der Waals surface area contributed by atoms with E-state index in [0.29, 0.717) is 11.4 Å². The normalized spacial score (nSPS) is 12.5. The molecule has 5 aromatic rings. The number of aryl methyl sites for hydroxylation is 1. The molecule has 0 spiro atoms. The number of rotatable bonds is 5. The summed E-state index contributed by atoms with van der Waals surface area (Å²) in [6.07, 6.45) is 2.04. The zero-order chi connectivity index (χ0) is 25.7. The number of fused-ring (bicyclic) bond motifs is 2. The van der Waals surface area contributed by atoms with Crippen LogP contribution in [0.2, 0.25) is 5.02 Å². The zero-order valence-electron chi connectivity index (χ0n) is 19.7. The molecule has 1 amide bonds. The van der Waals surface area contributed by atoms with Crippen molar-refractivity contribution in [3.05, 3.63) is 88.6 Å². The van der Waals surface area contributed by atoms with E-state index in [-0.39, 0.29) is 12.3 Å². The van der Waals surface area contributed by atoms with Gasteiger partial charge >= 0.3 is 5.97 Å². The fraction of sp³-hybridized carbons (Fsp3) is 0.103. The standard InChI is InChI=1S/C29H20ClN3O3S/c1-15-10-24-28(27(21(15)14-26(35)36)16-2-5-20(30)6-3-16)37-29(33-24)18-8-9-31-23(12-18)17-4-7-22-19(11-17)13-25(34)32-22/h2-12H,13-14H2,1H3,(H,32,34)(H,35,36). The van der Waals surface area contributed by atoms with E-state index >= 15 is 0 Å². The first-order valence-electron chi connectivity index (χ1n) is 11.7. The minimum atomic E-state index is -0.882. The summed E-state index contributed by atoms with van der Waals surface area (Å²) in [4.78, 5) is 33.0. The average molecular weight is 526 g/mol. The predicted octanol–water partition coefficient (Wildman–Crippen LogP) is 6.78. The van der Waals surface area contributed by atoms with Crippen molar-refractivity contribution < 1.29 is 14.7 Å². The van der Waals surface area contributed by atoms with Crippen molar-refractivity contribution in [2.75, 3.05) is 5.32 Å². The third kappa shape index (κ3) is 4.37. The maximum atomic E-state index is 11.8. The summed E-state index contributed by atoms with van der Waals surface area (Å²) in [5, 5.41) is 13.9. The molecule has 1 aliphatic heterocycles. The number of carbonyl (C=O) groups excluding carboxylic acids is 1. The fourth-order valence-corrected chi connectivity index (χ4v) is 6.03. The highest BCUT2D eigenvalue weighted by molar-refractivity contribution is 7.22. The summed E-state index contributed by atoms with van der Waals surface area (Å²) in [6.45, 7) is 1.92. The molecule has 1 aliphatic rings. The number of halogens is 1. The molecule has 6 nitrogen and oxygen atoms in total. The molecular formula is C29H20ClN3O3S. The third-order valence-corrected chi connectivity index (χ3v) is 7.90. The van der Waals surface area contributed by atoms with Crippen molar-refractivity contribution in [1.82, 2.24) is 9.97 Å². The summed E-state index contributed by atoms with van der Waals surface area (Å²) in [7, 11) is 0. The molecule has 0 saturated carbocycles. The molecule has 0 aliphatic carbocycles. The monoisotopic (exact) mass is 525 g/mol. The van der Waals surface area contributed by atoms with Crippen LogP contribution in [-0.4, -0.2) is 27.0 Å². The first-order valence-corrected chi connectivity index (χ1v) is 12.9. The van der Waals surface area contributed by atoms with Gasteiger partial charge in [-0.15, -0.1) is 11.3 Å². The molecule has 0 atom stereocenters. The van der Waals surface area contributed by atoms with E-state index in [4.69, 9.17) is 16.6 Å². The smallest absolute Gasteiger partial charge is 0.307 e. The van der Waals surface area contributed by atoms with Gasteiger partial charge in [-0.05, 0) is 71.6 Å². The van der Waals surface area contributed by atoms with Gasteiger partial charge in [0.2, 0.25) is 5.91 Å². The fourth-order valence-electron chi connectivity index (χ4n) is 4.77. The maximum absolute atomic E-state index is 11.8. The molecule has 0 saturated heterocycles. The van der Waals surface area contributed by atoms with Gasteiger partial charge in [-0.1, -0.05) is 29.8 Å². The number of aromatic nitrogens is 2. The lowest BCUT2D eigenvalue weighted by Gasteiger charge is -2.13. The number of aliphatic carboxylic acids is 1. The lowest BCUT2D eigenvalue weighted by molar-refractivity contribution is -0.136. The second kappa shape index (κ2) is 9.10. The number of nitrogens with one attached hydrogen (secondary N) is 1. The highest BCUT2D eigenvalue weighted by Gasteiger charge is 2.21. The van der Waals surface area contributed by atoms with Crippen molar-refractivity contribution in [2.45, 2.75) is 19.8 Å². The van der Waals surface area contributed by atoms with Gasteiger partial charge in [-0.3, -0.25) is 14.6 Å². The highest BCUT2D eigenvalue weighted by atomic mass is 35.5. The van der Waals surface area contributed by atoms with Gasteiger partial charge in [0.1, 0.15) is 5.01 Å². The van der Waals surface area contributed by atoms with E-state index in [1.165, 1.54) is 11.3 Å². The average Bonchev–Trinajstić information content (AvgIpc) is 3.47. The number of amides is 1. The maximum Gasteiger partial charge on any atom is 0.307 e. The molecule has 2 aromatic heterocycles. The Morgan fingerprint density at radius 2 is 1.84 bits per heavy atom. The Morgan fingerprint density at radius 1 is 1.05 bits per heavy atom. The predicted molar refractivity (Wildman–Crippen MR) is 147 cm³/mol. The topological polar surface area (TPSA) is 92.2 Å². The second-order valence-electron chi connectivity index (χ2n) is 9.02. The van der Waals surface area contributed by atoms with Gasteiger partial charge in [0, 0.05) is 33.6 Å². The van der Waals surface area contributed by atoms with Crippen LogP contribution in [0.15, 0.2) is 66.9 Å². The Hall–Kier alpha value is -4.07. The largest absolute Gasteiger partial charge is 0.481 e. The summed E-state index contributed by atoms with van der Waals surface area (Å²) in [5.74, 6) is -0.884. The van der Waals surface area contributed by atoms with Gasteiger partial charge in [-0.2, -0.15) is 0 Å². The summed E-state index contributed by atoms with van der Waals surface area (Å²) < 4.78 is 0.930. The summed E-state index contributed by atoms with van der Waals surface area (Å²) in [6, 6.07) is 19.2. The third-order valence-electron chi connectivity index (χ3n) is 6.51. The number of carboxylic acids is 1. The number of nitrogens with zero attached hydrogens (tertiary/aromatic N) is 2. The van der Waals surface area contributed by atoms with E-state index in [0.717, 1.165) is 65.5 Å². The highest BCUT2D eigenvalue weighted by Crippen LogP contribution is 2.41. The van der Waals surface area contributed by atoms with Crippen molar-refractivity contribution in [3.8, 4) is 33.0 Å². The van der Waals surface area contributed by atoms with E-state index in [1.54, 1.807) is 6.20 Å². The number of anilines is 1. The van der Waals surface area contributed by atoms with Crippen LogP contribution in [0.1, 0.15) is 16.7 Å².